The van der Waals surface area contributed by atoms with Crippen molar-refractivity contribution in [3.05, 3.63) is 47.1 Å². The van der Waals surface area contributed by atoms with Gasteiger partial charge in [0.25, 0.3) is 11.1 Å². The van der Waals surface area contributed by atoms with Crippen molar-refractivity contribution in [1.29, 1.82) is 0 Å². The second kappa shape index (κ2) is 6.58. The van der Waals surface area contributed by atoms with Crippen molar-refractivity contribution >= 4 is 34.7 Å². The van der Waals surface area contributed by atoms with Crippen molar-refractivity contribution in [1.82, 2.24) is 4.90 Å². The number of thioether (sulfide) groups is 1. The molecule has 0 N–H and O–H groups in total. The summed E-state index contributed by atoms with van der Waals surface area (Å²) in [6.07, 6.45) is 5.23. The lowest BCUT2D eigenvalue weighted by Crippen LogP contribution is -2.27. The Kier molecular flexibility index (Phi) is 4.52. The summed E-state index contributed by atoms with van der Waals surface area (Å²) in [5, 5.41) is -0.324. The molecule has 4 nitrogen and oxygen atoms in total. The van der Waals surface area contributed by atoms with Crippen LogP contribution >= 0.6 is 11.8 Å². The van der Waals surface area contributed by atoms with E-state index in [0.717, 1.165) is 42.6 Å². The fourth-order valence-electron chi connectivity index (χ4n) is 2.77. The lowest BCUT2D eigenvalue weighted by Gasteiger charge is -2.18. The third kappa shape index (κ3) is 3.17. The van der Waals surface area contributed by atoms with Gasteiger partial charge in [-0.05, 0) is 48.4 Å². The Morgan fingerprint density at radius 1 is 1.26 bits per heavy atom. The van der Waals surface area contributed by atoms with E-state index < -0.39 is 0 Å². The van der Waals surface area contributed by atoms with Gasteiger partial charge in [0.05, 0.1) is 10.6 Å². The van der Waals surface area contributed by atoms with Gasteiger partial charge in [-0.25, -0.2) is 4.39 Å². The van der Waals surface area contributed by atoms with Crippen LogP contribution in [0.15, 0.2) is 35.8 Å². The molecule has 1 aromatic carbocycles. The summed E-state index contributed by atoms with van der Waals surface area (Å²) in [6, 6.07) is 4.92. The maximum Gasteiger partial charge on any atom is 0.293 e. The van der Waals surface area contributed by atoms with E-state index in [1.807, 2.05) is 4.90 Å². The van der Waals surface area contributed by atoms with E-state index in [-0.39, 0.29) is 23.5 Å². The van der Waals surface area contributed by atoms with Crippen molar-refractivity contribution in [3.8, 4) is 0 Å². The number of rotatable bonds is 4. The van der Waals surface area contributed by atoms with E-state index in [1.54, 1.807) is 18.2 Å². The largest absolute Gasteiger partial charge is 0.369 e. The lowest BCUT2D eigenvalue weighted by molar-refractivity contribution is -0.122. The number of imide groups is 1. The zero-order valence-electron chi connectivity index (χ0n) is 12.6. The first-order valence-corrected chi connectivity index (χ1v) is 8.32. The van der Waals surface area contributed by atoms with Crippen LogP contribution in [0.5, 0.6) is 0 Å². The highest BCUT2D eigenvalue weighted by Crippen LogP contribution is 2.33. The van der Waals surface area contributed by atoms with Crippen LogP contribution in [-0.4, -0.2) is 35.7 Å². The topological polar surface area (TPSA) is 40.6 Å². The molecule has 0 aliphatic carbocycles. The molecule has 0 atom stereocenters. The number of benzene rings is 1. The molecular formula is C17H17FN2O2S. The molecule has 2 heterocycles. The maximum atomic E-state index is 14.3. The van der Waals surface area contributed by atoms with Gasteiger partial charge in [-0.1, -0.05) is 12.1 Å². The molecule has 0 aromatic heterocycles. The summed E-state index contributed by atoms with van der Waals surface area (Å²) in [4.78, 5) is 27.4. The van der Waals surface area contributed by atoms with Crippen molar-refractivity contribution in [2.24, 2.45) is 0 Å². The number of hydrogen-bond donors (Lipinski definition) is 0. The second-order valence-electron chi connectivity index (χ2n) is 5.49. The van der Waals surface area contributed by atoms with Gasteiger partial charge in [-0.2, -0.15) is 0 Å². The van der Waals surface area contributed by atoms with Crippen LogP contribution in [0.4, 0.5) is 14.9 Å². The highest BCUT2D eigenvalue weighted by atomic mass is 32.2. The molecule has 0 unspecified atom stereocenters. The number of halogens is 1. The first-order chi connectivity index (χ1) is 11.1. The van der Waals surface area contributed by atoms with Crippen LogP contribution in [0.2, 0.25) is 0 Å². The molecule has 3 rings (SSSR count). The molecule has 120 valence electrons. The first-order valence-electron chi connectivity index (χ1n) is 7.51. The molecule has 2 amide bonds. The normalized spacial score (nSPS) is 20.0. The Bertz CT molecular complexity index is 696. The molecule has 0 radical (unpaired) electrons. The Labute approximate surface area is 138 Å². The quantitative estimate of drug-likeness (QED) is 0.623. The molecule has 0 spiro atoms. The summed E-state index contributed by atoms with van der Waals surface area (Å²) in [5.41, 5.74) is 1.17. The minimum atomic E-state index is -0.357. The van der Waals surface area contributed by atoms with Gasteiger partial charge in [0, 0.05) is 19.6 Å². The Balaban J connectivity index is 1.82. The Morgan fingerprint density at radius 2 is 2.00 bits per heavy atom. The van der Waals surface area contributed by atoms with E-state index in [9.17, 15) is 14.0 Å². The monoisotopic (exact) mass is 332 g/mol. The molecule has 0 saturated carbocycles. The molecular weight excluding hydrogens is 315 g/mol. The van der Waals surface area contributed by atoms with Gasteiger partial charge in [0.2, 0.25) is 0 Å². The Morgan fingerprint density at radius 3 is 2.65 bits per heavy atom. The molecule has 1 aromatic rings. The summed E-state index contributed by atoms with van der Waals surface area (Å²) in [7, 11) is 0. The number of hydrogen-bond acceptors (Lipinski definition) is 4. The van der Waals surface area contributed by atoms with Gasteiger partial charge in [-0.3, -0.25) is 14.5 Å². The van der Waals surface area contributed by atoms with E-state index in [4.69, 9.17) is 0 Å². The van der Waals surface area contributed by atoms with Crippen LogP contribution in [0.1, 0.15) is 18.4 Å². The van der Waals surface area contributed by atoms with Crippen LogP contribution in [-0.2, 0) is 4.79 Å². The van der Waals surface area contributed by atoms with Crippen LogP contribution in [0.3, 0.4) is 0 Å². The number of amides is 2. The molecule has 2 fully saturated rings. The number of carbonyl (C=O) groups excluding carboxylic acids is 2. The molecule has 6 heteroatoms. The minimum absolute atomic E-state index is 0.185. The van der Waals surface area contributed by atoms with Gasteiger partial charge >= 0.3 is 0 Å². The van der Waals surface area contributed by atoms with Crippen molar-refractivity contribution in [2.75, 3.05) is 24.5 Å². The third-order valence-electron chi connectivity index (χ3n) is 3.90. The van der Waals surface area contributed by atoms with Gasteiger partial charge < -0.3 is 4.90 Å². The standard InChI is InChI=1S/C17H17FN2O2S/c1-2-7-20-16(21)15(23-17(20)22)11-12-5-6-14(13(18)10-12)19-8-3-4-9-19/h2,5-6,10-11H,1,3-4,7-9H2. The lowest BCUT2D eigenvalue weighted by atomic mass is 10.1. The average molecular weight is 332 g/mol. The van der Waals surface area contributed by atoms with Crippen LogP contribution in [0, 0.1) is 5.82 Å². The predicted octanol–water partition coefficient (Wildman–Crippen LogP) is 3.65. The summed E-state index contributed by atoms with van der Waals surface area (Å²) < 4.78 is 14.3. The van der Waals surface area contributed by atoms with E-state index >= 15 is 0 Å². The van der Waals surface area contributed by atoms with Gasteiger partial charge in [0.15, 0.2) is 0 Å². The Hall–Kier alpha value is -2.08. The molecule has 0 bridgehead atoms. The minimum Gasteiger partial charge on any atom is -0.369 e. The van der Waals surface area contributed by atoms with Crippen molar-refractivity contribution < 1.29 is 14.0 Å². The van der Waals surface area contributed by atoms with Gasteiger partial charge in [-0.15, -0.1) is 6.58 Å². The number of carbonyl (C=O) groups is 2. The van der Waals surface area contributed by atoms with E-state index in [0.29, 0.717) is 16.2 Å². The van der Waals surface area contributed by atoms with Crippen LogP contribution < -0.4 is 4.90 Å². The van der Waals surface area contributed by atoms with Gasteiger partial charge in [0.1, 0.15) is 5.82 Å². The van der Waals surface area contributed by atoms with Crippen molar-refractivity contribution in [3.63, 3.8) is 0 Å². The highest BCUT2D eigenvalue weighted by molar-refractivity contribution is 8.18. The zero-order valence-corrected chi connectivity index (χ0v) is 13.4. The summed E-state index contributed by atoms with van der Waals surface area (Å²) >= 11 is 0.870. The predicted molar refractivity (Wildman–Crippen MR) is 90.7 cm³/mol. The zero-order chi connectivity index (χ0) is 16.4. The van der Waals surface area contributed by atoms with E-state index in [1.165, 1.54) is 12.1 Å². The molecule has 2 aliphatic heterocycles. The summed E-state index contributed by atoms with van der Waals surface area (Å²) in [6.45, 7) is 5.46. The van der Waals surface area contributed by atoms with Crippen LogP contribution in [0.25, 0.3) is 6.08 Å². The number of nitrogens with zero attached hydrogens (tertiary/aromatic N) is 2. The first kappa shape index (κ1) is 15.8. The SMILES string of the molecule is C=CCN1C(=O)SC(=Cc2ccc(N3CCCC3)c(F)c2)C1=O. The maximum absolute atomic E-state index is 14.3. The fraction of sp³-hybridized carbons (Fsp3) is 0.294. The third-order valence-corrected chi connectivity index (χ3v) is 4.81. The molecule has 2 saturated heterocycles. The smallest absolute Gasteiger partial charge is 0.293 e. The molecule has 23 heavy (non-hydrogen) atoms. The highest BCUT2D eigenvalue weighted by Gasteiger charge is 2.34. The summed E-state index contributed by atoms with van der Waals surface area (Å²) in [5.74, 6) is -0.658. The second-order valence-corrected chi connectivity index (χ2v) is 6.48. The van der Waals surface area contributed by atoms with E-state index in [2.05, 4.69) is 6.58 Å². The fourth-order valence-corrected chi connectivity index (χ4v) is 3.61. The molecule has 2 aliphatic rings. The van der Waals surface area contributed by atoms with Crippen molar-refractivity contribution in [2.45, 2.75) is 12.8 Å². The average Bonchev–Trinajstić information content (AvgIpc) is 3.13. The number of anilines is 1.